The van der Waals surface area contributed by atoms with E-state index in [0.29, 0.717) is 18.0 Å². The molecule has 0 saturated carbocycles. The molecule has 7 heteroatoms. The molecule has 1 aromatic heterocycles. The maximum Gasteiger partial charge on any atom is 0.240 e. The Balaban J connectivity index is 1.50. The summed E-state index contributed by atoms with van der Waals surface area (Å²) in [6.07, 6.45) is 1.91. The standard InChI is InChI=1S/C17H22N2O3S2/c20-24(21,19-12-16-2-1-8-22-16)17-5-3-14(4-6-17)10-18-11-15-7-9-23-13-15/h3-7,9,13,16,18-19H,1-2,8,10-12H2. The van der Waals surface area contributed by atoms with Crippen LogP contribution in [-0.4, -0.2) is 27.7 Å². The maximum atomic E-state index is 12.3. The molecule has 0 spiro atoms. The van der Waals surface area contributed by atoms with E-state index in [2.05, 4.69) is 26.9 Å². The second-order valence-electron chi connectivity index (χ2n) is 5.87. The Hall–Kier alpha value is -1.25. The van der Waals surface area contributed by atoms with Crippen molar-refractivity contribution in [3.8, 4) is 0 Å². The van der Waals surface area contributed by atoms with Crippen LogP contribution in [0, 0.1) is 0 Å². The molecule has 3 rings (SSSR count). The number of sulfonamides is 1. The third-order valence-electron chi connectivity index (χ3n) is 4.00. The molecule has 2 aromatic rings. The zero-order valence-corrected chi connectivity index (χ0v) is 15.0. The van der Waals surface area contributed by atoms with Gasteiger partial charge < -0.3 is 10.1 Å². The van der Waals surface area contributed by atoms with Crippen LogP contribution in [0.4, 0.5) is 0 Å². The molecule has 1 atom stereocenters. The lowest BCUT2D eigenvalue weighted by Gasteiger charge is -2.12. The van der Waals surface area contributed by atoms with Crippen LogP contribution in [0.15, 0.2) is 46.0 Å². The molecule has 1 fully saturated rings. The van der Waals surface area contributed by atoms with E-state index < -0.39 is 10.0 Å². The molecule has 1 aliphatic heterocycles. The van der Waals surface area contributed by atoms with Gasteiger partial charge in [0.2, 0.25) is 10.0 Å². The third kappa shape index (κ3) is 4.87. The van der Waals surface area contributed by atoms with Gasteiger partial charge in [-0.3, -0.25) is 0 Å². The largest absolute Gasteiger partial charge is 0.377 e. The fourth-order valence-corrected chi connectivity index (χ4v) is 4.36. The summed E-state index contributed by atoms with van der Waals surface area (Å²) >= 11 is 1.68. The van der Waals surface area contributed by atoms with Crippen LogP contribution in [0.5, 0.6) is 0 Å². The van der Waals surface area contributed by atoms with E-state index in [9.17, 15) is 8.42 Å². The fourth-order valence-electron chi connectivity index (χ4n) is 2.62. The first-order valence-corrected chi connectivity index (χ1v) is 10.5. The summed E-state index contributed by atoms with van der Waals surface area (Å²) in [5.74, 6) is 0. The summed E-state index contributed by atoms with van der Waals surface area (Å²) in [5, 5.41) is 7.52. The minimum absolute atomic E-state index is 0.000327. The van der Waals surface area contributed by atoms with E-state index in [1.807, 2.05) is 12.1 Å². The van der Waals surface area contributed by atoms with Gasteiger partial charge in [0.15, 0.2) is 0 Å². The number of nitrogens with one attached hydrogen (secondary N) is 2. The Morgan fingerprint density at radius 2 is 1.92 bits per heavy atom. The second-order valence-corrected chi connectivity index (χ2v) is 8.41. The maximum absolute atomic E-state index is 12.3. The highest BCUT2D eigenvalue weighted by molar-refractivity contribution is 7.89. The van der Waals surface area contributed by atoms with E-state index in [0.717, 1.165) is 31.6 Å². The molecular formula is C17H22N2O3S2. The Labute approximate surface area is 147 Å². The van der Waals surface area contributed by atoms with Crippen LogP contribution < -0.4 is 10.0 Å². The zero-order valence-electron chi connectivity index (χ0n) is 13.4. The van der Waals surface area contributed by atoms with Crippen molar-refractivity contribution in [2.75, 3.05) is 13.2 Å². The molecule has 1 aromatic carbocycles. The van der Waals surface area contributed by atoms with Crippen molar-refractivity contribution in [2.45, 2.75) is 36.9 Å². The van der Waals surface area contributed by atoms with Crippen molar-refractivity contribution in [2.24, 2.45) is 0 Å². The van der Waals surface area contributed by atoms with Crippen LogP contribution in [0.3, 0.4) is 0 Å². The number of benzene rings is 1. The zero-order chi connectivity index (χ0) is 16.8. The van der Waals surface area contributed by atoms with Crippen molar-refractivity contribution in [3.05, 3.63) is 52.2 Å². The van der Waals surface area contributed by atoms with E-state index in [1.165, 1.54) is 5.56 Å². The lowest BCUT2D eigenvalue weighted by molar-refractivity contribution is 0.114. The van der Waals surface area contributed by atoms with Gasteiger partial charge in [-0.05, 0) is 52.9 Å². The van der Waals surface area contributed by atoms with Gasteiger partial charge in [0, 0.05) is 26.2 Å². The monoisotopic (exact) mass is 366 g/mol. The Morgan fingerprint density at radius 1 is 1.12 bits per heavy atom. The summed E-state index contributed by atoms with van der Waals surface area (Å²) in [7, 11) is -3.47. The molecule has 1 saturated heterocycles. The highest BCUT2D eigenvalue weighted by atomic mass is 32.2. The first-order valence-electron chi connectivity index (χ1n) is 8.05. The van der Waals surface area contributed by atoms with E-state index in [1.54, 1.807) is 23.5 Å². The van der Waals surface area contributed by atoms with Crippen LogP contribution in [0.1, 0.15) is 24.0 Å². The quantitative estimate of drug-likeness (QED) is 0.753. The van der Waals surface area contributed by atoms with Crippen molar-refractivity contribution >= 4 is 21.4 Å². The minimum atomic E-state index is -3.47. The van der Waals surface area contributed by atoms with Gasteiger partial charge in [0.05, 0.1) is 11.0 Å². The molecule has 0 amide bonds. The van der Waals surface area contributed by atoms with E-state index >= 15 is 0 Å². The first kappa shape index (κ1) is 17.6. The van der Waals surface area contributed by atoms with Crippen molar-refractivity contribution in [3.63, 3.8) is 0 Å². The Morgan fingerprint density at radius 3 is 2.58 bits per heavy atom. The molecule has 5 nitrogen and oxygen atoms in total. The van der Waals surface area contributed by atoms with Gasteiger partial charge >= 0.3 is 0 Å². The third-order valence-corrected chi connectivity index (χ3v) is 6.17. The number of thiophene rings is 1. The lowest BCUT2D eigenvalue weighted by Crippen LogP contribution is -2.31. The number of hydrogen-bond acceptors (Lipinski definition) is 5. The predicted molar refractivity (Wildman–Crippen MR) is 95.5 cm³/mol. The van der Waals surface area contributed by atoms with Crippen molar-refractivity contribution in [1.82, 2.24) is 10.0 Å². The molecule has 130 valence electrons. The summed E-state index contributed by atoms with van der Waals surface area (Å²) in [4.78, 5) is 0.294. The van der Waals surface area contributed by atoms with E-state index in [-0.39, 0.29) is 6.10 Å². The highest BCUT2D eigenvalue weighted by Gasteiger charge is 2.20. The average molecular weight is 367 g/mol. The SMILES string of the molecule is O=S(=O)(NCC1CCCO1)c1ccc(CNCc2ccsc2)cc1. The fraction of sp³-hybridized carbons (Fsp3) is 0.412. The molecule has 1 aliphatic rings. The van der Waals surface area contributed by atoms with Gasteiger partial charge in [-0.25, -0.2) is 13.1 Å². The van der Waals surface area contributed by atoms with Crippen molar-refractivity contribution < 1.29 is 13.2 Å². The van der Waals surface area contributed by atoms with Gasteiger partial charge in [-0.1, -0.05) is 12.1 Å². The van der Waals surface area contributed by atoms with Crippen LogP contribution in [0.25, 0.3) is 0 Å². The van der Waals surface area contributed by atoms with Crippen LogP contribution >= 0.6 is 11.3 Å². The second kappa shape index (κ2) is 8.22. The first-order chi connectivity index (χ1) is 11.6. The number of ether oxygens (including phenoxy) is 1. The van der Waals surface area contributed by atoms with Gasteiger partial charge in [-0.2, -0.15) is 11.3 Å². The molecule has 1 unspecified atom stereocenters. The Kier molecular flexibility index (Phi) is 6.02. The molecule has 2 heterocycles. The molecule has 0 bridgehead atoms. The van der Waals surface area contributed by atoms with Crippen LogP contribution in [0.2, 0.25) is 0 Å². The minimum Gasteiger partial charge on any atom is -0.377 e. The van der Waals surface area contributed by atoms with Crippen LogP contribution in [-0.2, 0) is 27.8 Å². The van der Waals surface area contributed by atoms with Gasteiger partial charge in [0.25, 0.3) is 0 Å². The number of rotatable bonds is 8. The molecular weight excluding hydrogens is 344 g/mol. The molecule has 2 N–H and O–H groups in total. The van der Waals surface area contributed by atoms with Crippen molar-refractivity contribution in [1.29, 1.82) is 0 Å². The van der Waals surface area contributed by atoms with Gasteiger partial charge in [-0.15, -0.1) is 0 Å². The van der Waals surface area contributed by atoms with E-state index in [4.69, 9.17) is 4.74 Å². The predicted octanol–water partition coefficient (Wildman–Crippen LogP) is 2.50. The Bertz CT molecular complexity index is 722. The van der Waals surface area contributed by atoms with Gasteiger partial charge in [0.1, 0.15) is 0 Å². The number of hydrogen-bond donors (Lipinski definition) is 2. The topological polar surface area (TPSA) is 67.4 Å². The summed E-state index contributed by atoms with van der Waals surface area (Å²) in [6, 6.07) is 9.09. The summed E-state index contributed by atoms with van der Waals surface area (Å²) in [6.45, 7) is 2.58. The lowest BCUT2D eigenvalue weighted by atomic mass is 10.2. The highest BCUT2D eigenvalue weighted by Crippen LogP contribution is 2.14. The summed E-state index contributed by atoms with van der Waals surface area (Å²) < 4.78 is 32.7. The normalized spacial score (nSPS) is 18.1. The molecule has 24 heavy (non-hydrogen) atoms. The molecule has 0 aliphatic carbocycles. The molecule has 0 radical (unpaired) electrons. The smallest absolute Gasteiger partial charge is 0.240 e. The average Bonchev–Trinajstić information content (AvgIpc) is 3.27. The summed E-state index contributed by atoms with van der Waals surface area (Å²) in [5.41, 5.74) is 2.32.